The Kier molecular flexibility index (Phi) is 8.62. The van der Waals surface area contributed by atoms with E-state index in [0.29, 0.717) is 22.4 Å². The minimum atomic E-state index is -1.78. The van der Waals surface area contributed by atoms with Crippen LogP contribution in [-0.4, -0.2) is 59.0 Å². The van der Waals surface area contributed by atoms with Gasteiger partial charge >= 0.3 is 264 Å². The summed E-state index contributed by atoms with van der Waals surface area (Å²) in [6.45, 7) is 1.72. The number of hydrogen-bond donors (Lipinski definition) is 1. The molecule has 0 bridgehead atoms. The van der Waals surface area contributed by atoms with E-state index in [-0.39, 0.29) is 29.0 Å². The molecule has 0 aliphatic carbocycles. The van der Waals surface area contributed by atoms with Crippen LogP contribution in [0.3, 0.4) is 0 Å². The third-order valence-electron chi connectivity index (χ3n) is 7.25. The van der Waals surface area contributed by atoms with Crippen LogP contribution in [0.1, 0.15) is 29.2 Å². The van der Waals surface area contributed by atoms with Gasteiger partial charge in [0.15, 0.2) is 0 Å². The standard InChI is InChI=1S/C33H26AsF2N5O4/c1-19(37-29(42)16-21-13-23(35)17-24(36)14-21)32(43)34-31-33(44)41(18-20-11-12-26-27(15-20)40-45-39-26)28-10-6-5-9-25(28)30(38-31)22-7-3-2-4-8-22/h2-15,17,19,31,34H,16,18H2,1H3,(H,37,42)/t19-,31?/m0/s1. The van der Waals surface area contributed by atoms with E-state index in [1.54, 1.807) is 17.0 Å². The second-order valence-electron chi connectivity index (χ2n) is 10.5. The molecule has 1 aliphatic heterocycles. The van der Waals surface area contributed by atoms with Gasteiger partial charge in [0.05, 0.1) is 0 Å². The first kappa shape index (κ1) is 30.0. The monoisotopic (exact) mass is 669 g/mol. The fourth-order valence-corrected chi connectivity index (χ4v) is 7.37. The van der Waals surface area contributed by atoms with Gasteiger partial charge in [0.25, 0.3) is 0 Å². The minimum absolute atomic E-state index is 0.143. The van der Waals surface area contributed by atoms with Crippen molar-refractivity contribution in [3.63, 3.8) is 0 Å². The van der Waals surface area contributed by atoms with Crippen LogP contribution in [0.5, 0.6) is 0 Å². The predicted octanol–water partition coefficient (Wildman–Crippen LogP) is 3.92. The fraction of sp³-hybridized carbons (Fsp3) is 0.152. The maximum absolute atomic E-state index is 14.3. The number of benzene rings is 4. The van der Waals surface area contributed by atoms with Crippen LogP contribution in [0, 0.1) is 11.6 Å². The molecule has 3 atom stereocenters. The van der Waals surface area contributed by atoms with E-state index in [1.807, 2.05) is 60.7 Å². The topological polar surface area (TPSA) is 118 Å². The molecule has 1 aliphatic rings. The van der Waals surface area contributed by atoms with Gasteiger partial charge in [-0.15, -0.1) is 0 Å². The fourth-order valence-electron chi connectivity index (χ4n) is 5.14. The van der Waals surface area contributed by atoms with Crippen molar-refractivity contribution in [2.24, 2.45) is 4.99 Å². The number of benzodiazepines with no additional fused rings is 1. The number of rotatable bonds is 9. The number of fused-ring (bicyclic) bond motifs is 2. The van der Waals surface area contributed by atoms with Crippen molar-refractivity contribution in [2.45, 2.75) is 30.8 Å². The Balaban J connectivity index is 1.29. The number of aromatic nitrogens is 2. The van der Waals surface area contributed by atoms with E-state index >= 15 is 0 Å². The Morgan fingerprint density at radius 1 is 0.911 bits per heavy atom. The van der Waals surface area contributed by atoms with Gasteiger partial charge in [-0.1, -0.05) is 0 Å². The van der Waals surface area contributed by atoms with Crippen LogP contribution in [-0.2, 0) is 27.3 Å². The first-order valence-electron chi connectivity index (χ1n) is 14.0. The average Bonchev–Trinajstić information content (AvgIpc) is 3.45. The van der Waals surface area contributed by atoms with E-state index in [4.69, 9.17) is 9.62 Å². The Labute approximate surface area is 263 Å². The van der Waals surface area contributed by atoms with Crippen molar-refractivity contribution in [1.29, 1.82) is 0 Å². The molecular weight excluding hydrogens is 643 g/mol. The first-order valence-corrected chi connectivity index (χ1v) is 16.3. The number of nitrogens with zero attached hydrogens (tertiary/aromatic N) is 4. The van der Waals surface area contributed by atoms with Gasteiger partial charge in [0, 0.05) is 0 Å². The van der Waals surface area contributed by atoms with Gasteiger partial charge in [0.1, 0.15) is 0 Å². The molecule has 1 N–H and O–H groups in total. The number of carbonyl (C=O) groups is 3. The molecule has 0 saturated carbocycles. The van der Waals surface area contributed by atoms with Crippen molar-refractivity contribution >= 4 is 54.6 Å². The van der Waals surface area contributed by atoms with Gasteiger partial charge in [0.2, 0.25) is 0 Å². The quantitative estimate of drug-likeness (QED) is 0.238. The number of anilines is 1. The molecule has 2 unspecified atom stereocenters. The van der Waals surface area contributed by atoms with E-state index in [9.17, 15) is 23.2 Å². The zero-order valence-electron chi connectivity index (χ0n) is 23.9. The van der Waals surface area contributed by atoms with E-state index in [1.165, 1.54) is 6.92 Å². The zero-order chi connectivity index (χ0) is 31.5. The van der Waals surface area contributed by atoms with Gasteiger partial charge in [-0.3, -0.25) is 0 Å². The molecule has 45 heavy (non-hydrogen) atoms. The van der Waals surface area contributed by atoms with Crippen LogP contribution in [0.25, 0.3) is 11.0 Å². The molecule has 12 heteroatoms. The summed E-state index contributed by atoms with van der Waals surface area (Å²) in [4.78, 5) is 46.0. The Hall–Kier alpha value is -5.02. The molecule has 0 saturated heterocycles. The number of amides is 2. The van der Waals surface area contributed by atoms with Crippen molar-refractivity contribution < 1.29 is 27.8 Å². The van der Waals surface area contributed by atoms with Crippen LogP contribution in [0.15, 0.2) is 101 Å². The third kappa shape index (κ3) is 6.73. The number of nitrogens with one attached hydrogen (secondary N) is 1. The molecule has 0 fully saturated rings. The summed E-state index contributed by atoms with van der Waals surface area (Å²) >= 11 is -1.78. The molecule has 2 amide bonds. The summed E-state index contributed by atoms with van der Waals surface area (Å²) < 4.78 is 31.7. The molecule has 1 aromatic heterocycles. The third-order valence-corrected chi connectivity index (χ3v) is 10.1. The zero-order valence-corrected chi connectivity index (χ0v) is 26.0. The number of halogens is 2. The number of hydrogen-bond acceptors (Lipinski definition) is 7. The number of para-hydroxylation sites is 1. The van der Waals surface area contributed by atoms with E-state index in [2.05, 4.69) is 15.6 Å². The molecule has 226 valence electrons. The normalized spacial score (nSPS) is 15.5. The van der Waals surface area contributed by atoms with Crippen molar-refractivity contribution in [2.75, 3.05) is 4.90 Å². The molecule has 5 aromatic rings. The molecular formula is C33H26AsF2N5O4. The Morgan fingerprint density at radius 2 is 1.62 bits per heavy atom. The summed E-state index contributed by atoms with van der Waals surface area (Å²) in [6, 6.07) is 24.2. The molecule has 0 spiro atoms. The van der Waals surface area contributed by atoms with Gasteiger partial charge < -0.3 is 0 Å². The average molecular weight is 670 g/mol. The number of carbonyl (C=O) groups excluding carboxylic acids is 3. The number of aliphatic imine (C=N–C) groups is 1. The molecule has 2 heterocycles. The van der Waals surface area contributed by atoms with E-state index < -0.39 is 44.2 Å². The van der Waals surface area contributed by atoms with Gasteiger partial charge in [-0.25, -0.2) is 0 Å². The van der Waals surface area contributed by atoms with Crippen LogP contribution in [0.2, 0.25) is 0 Å². The second kappa shape index (κ2) is 12.9. The Morgan fingerprint density at radius 3 is 2.40 bits per heavy atom. The van der Waals surface area contributed by atoms with Crippen molar-refractivity contribution in [3.8, 4) is 0 Å². The SMILES string of the molecule is C[C@H](NC(=O)Cc1cc(F)cc(F)c1)C(=O)[AsH]C1N=C(c2ccccc2)c2ccccc2N(Cc2ccc3nonc3c2)C1=O. The summed E-state index contributed by atoms with van der Waals surface area (Å²) in [6.07, 6.45) is -0.306. The van der Waals surface area contributed by atoms with Gasteiger partial charge in [-0.05, 0) is 0 Å². The summed E-state index contributed by atoms with van der Waals surface area (Å²) in [5, 5.41) is 10.4. The van der Waals surface area contributed by atoms with Crippen LogP contribution >= 0.6 is 0 Å². The van der Waals surface area contributed by atoms with Crippen LogP contribution in [0.4, 0.5) is 14.5 Å². The molecule has 4 aromatic carbocycles. The molecule has 0 radical (unpaired) electrons. The van der Waals surface area contributed by atoms with Gasteiger partial charge in [-0.2, -0.15) is 0 Å². The molecule has 6 rings (SSSR count). The Bertz CT molecular complexity index is 1930. The first-order chi connectivity index (χ1) is 21.7. The summed E-state index contributed by atoms with van der Waals surface area (Å²) in [5.41, 5.74) is 4.83. The van der Waals surface area contributed by atoms with E-state index in [0.717, 1.165) is 34.9 Å². The van der Waals surface area contributed by atoms with Crippen molar-refractivity contribution in [3.05, 3.63) is 125 Å². The van der Waals surface area contributed by atoms with Crippen LogP contribution < -0.4 is 10.2 Å². The summed E-state index contributed by atoms with van der Waals surface area (Å²) in [5.74, 6) is -2.50. The predicted molar refractivity (Wildman–Crippen MR) is 165 cm³/mol. The van der Waals surface area contributed by atoms with Crippen molar-refractivity contribution in [1.82, 2.24) is 15.6 Å². The molecule has 9 nitrogen and oxygen atoms in total. The second-order valence-corrected chi connectivity index (χ2v) is 13.3. The maximum atomic E-state index is 14.3. The summed E-state index contributed by atoms with van der Waals surface area (Å²) in [7, 11) is 0.